The van der Waals surface area contributed by atoms with Crippen LogP contribution >= 0.6 is 34.5 Å². The van der Waals surface area contributed by atoms with Gasteiger partial charge >= 0.3 is 5.69 Å². The normalized spacial score (nSPS) is 13.7. The summed E-state index contributed by atoms with van der Waals surface area (Å²) in [7, 11) is 0. The smallest absolute Gasteiger partial charge is 0.298 e. The Labute approximate surface area is 138 Å². The topological polar surface area (TPSA) is 54.9 Å². The molecular weight excluding hydrogens is 343 g/mol. The summed E-state index contributed by atoms with van der Waals surface area (Å²) in [5.41, 5.74) is 0.739. The molecule has 0 atom stereocenters. The van der Waals surface area contributed by atoms with E-state index in [4.69, 9.17) is 23.2 Å². The molecule has 2 heterocycles. The summed E-state index contributed by atoms with van der Waals surface area (Å²) in [6, 6.07) is 4.72. The van der Waals surface area contributed by atoms with E-state index in [1.165, 1.54) is 22.3 Å². The Kier molecular flexibility index (Phi) is 3.18. The molecule has 0 spiro atoms. The van der Waals surface area contributed by atoms with Crippen molar-refractivity contribution in [2.75, 3.05) is 0 Å². The first-order chi connectivity index (χ1) is 10.6. The Hall–Kier alpha value is -1.56. The van der Waals surface area contributed by atoms with Gasteiger partial charge in [-0.2, -0.15) is 0 Å². The fourth-order valence-electron chi connectivity index (χ4n) is 2.93. The number of H-pyrrole nitrogens is 1. The predicted molar refractivity (Wildman–Crippen MR) is 90.1 cm³/mol. The summed E-state index contributed by atoms with van der Waals surface area (Å²) in [5.74, 6) is 0. The molecular formula is C15H10Cl2N2O2S. The number of nitrogens with one attached hydrogen (secondary N) is 1. The number of nitrogens with zero attached hydrogens (tertiary/aromatic N) is 1. The largest absolute Gasteiger partial charge is 0.334 e. The predicted octanol–water partition coefficient (Wildman–Crippen LogP) is 3.54. The van der Waals surface area contributed by atoms with E-state index in [-0.39, 0.29) is 5.56 Å². The lowest BCUT2D eigenvalue weighted by atomic mass is 10.2. The van der Waals surface area contributed by atoms with E-state index in [2.05, 4.69) is 4.98 Å². The average Bonchev–Trinajstić information content (AvgIpc) is 3.02. The Morgan fingerprint density at radius 2 is 1.95 bits per heavy atom. The van der Waals surface area contributed by atoms with Crippen molar-refractivity contribution in [3.8, 4) is 5.69 Å². The molecule has 7 heteroatoms. The van der Waals surface area contributed by atoms with Gasteiger partial charge in [-0.25, -0.2) is 9.36 Å². The van der Waals surface area contributed by atoms with Crippen LogP contribution in [-0.2, 0) is 12.8 Å². The first-order valence-electron chi connectivity index (χ1n) is 6.81. The Morgan fingerprint density at radius 1 is 1.14 bits per heavy atom. The van der Waals surface area contributed by atoms with E-state index in [0.717, 1.165) is 29.4 Å². The van der Waals surface area contributed by atoms with Crippen LogP contribution in [0.5, 0.6) is 0 Å². The molecule has 112 valence electrons. The van der Waals surface area contributed by atoms with Crippen LogP contribution in [0, 0.1) is 0 Å². The number of halogens is 2. The maximum Gasteiger partial charge on any atom is 0.334 e. The first-order valence-corrected chi connectivity index (χ1v) is 8.38. The molecule has 1 N–H and O–H groups in total. The zero-order valence-corrected chi connectivity index (χ0v) is 13.6. The van der Waals surface area contributed by atoms with Gasteiger partial charge in [-0.3, -0.25) is 9.78 Å². The van der Waals surface area contributed by atoms with Gasteiger partial charge < -0.3 is 0 Å². The number of aromatic nitrogens is 2. The summed E-state index contributed by atoms with van der Waals surface area (Å²) in [5, 5.41) is 1.32. The molecule has 0 unspecified atom stereocenters. The summed E-state index contributed by atoms with van der Waals surface area (Å²) in [4.78, 5) is 29.8. The van der Waals surface area contributed by atoms with Crippen molar-refractivity contribution in [3.63, 3.8) is 0 Å². The molecule has 1 aliphatic carbocycles. The second-order valence-electron chi connectivity index (χ2n) is 5.23. The Morgan fingerprint density at radius 3 is 2.73 bits per heavy atom. The first kappa shape index (κ1) is 14.1. The summed E-state index contributed by atoms with van der Waals surface area (Å²) in [6.07, 6.45) is 2.92. The van der Waals surface area contributed by atoms with Crippen LogP contribution in [0.15, 0.2) is 27.8 Å². The highest BCUT2D eigenvalue weighted by atomic mass is 35.5. The van der Waals surface area contributed by atoms with Crippen molar-refractivity contribution in [1.82, 2.24) is 9.55 Å². The third-order valence-corrected chi connectivity index (χ3v) is 5.87. The number of rotatable bonds is 1. The Bertz CT molecular complexity index is 1030. The lowest BCUT2D eigenvalue weighted by Gasteiger charge is -2.06. The third-order valence-electron chi connectivity index (χ3n) is 3.92. The minimum absolute atomic E-state index is 0.295. The van der Waals surface area contributed by atoms with Crippen LogP contribution in [-0.4, -0.2) is 9.55 Å². The fourth-order valence-corrected chi connectivity index (χ4v) is 4.50. The van der Waals surface area contributed by atoms with Crippen LogP contribution < -0.4 is 11.2 Å². The zero-order valence-electron chi connectivity index (χ0n) is 11.3. The molecule has 2 aromatic heterocycles. The molecule has 1 aliphatic rings. The highest BCUT2D eigenvalue weighted by Gasteiger charge is 2.22. The second-order valence-corrected chi connectivity index (χ2v) is 7.15. The number of aryl methyl sites for hydroxylation is 2. The van der Waals surface area contributed by atoms with Crippen LogP contribution in [0.4, 0.5) is 0 Å². The molecule has 4 nitrogen and oxygen atoms in total. The number of fused-ring (bicyclic) bond motifs is 3. The number of aromatic amines is 1. The molecule has 0 saturated heterocycles. The van der Waals surface area contributed by atoms with E-state index in [1.807, 2.05) is 0 Å². The van der Waals surface area contributed by atoms with Crippen LogP contribution in [0.2, 0.25) is 10.0 Å². The highest BCUT2D eigenvalue weighted by Crippen LogP contribution is 2.34. The van der Waals surface area contributed by atoms with Gasteiger partial charge in [0.25, 0.3) is 5.56 Å². The molecule has 0 fully saturated rings. The van der Waals surface area contributed by atoms with Gasteiger partial charge in [0.1, 0.15) is 4.83 Å². The van der Waals surface area contributed by atoms with Crippen molar-refractivity contribution < 1.29 is 0 Å². The second kappa shape index (κ2) is 4.98. The van der Waals surface area contributed by atoms with Gasteiger partial charge in [0.15, 0.2) is 0 Å². The van der Waals surface area contributed by atoms with Gasteiger partial charge in [0.05, 0.1) is 21.1 Å². The molecule has 0 saturated carbocycles. The quantitative estimate of drug-likeness (QED) is 0.728. The average molecular weight is 353 g/mol. The monoisotopic (exact) mass is 352 g/mol. The van der Waals surface area contributed by atoms with Crippen molar-refractivity contribution >= 4 is 44.8 Å². The van der Waals surface area contributed by atoms with Crippen molar-refractivity contribution in [3.05, 3.63) is 59.5 Å². The van der Waals surface area contributed by atoms with Crippen LogP contribution in [0.25, 0.3) is 15.9 Å². The van der Waals surface area contributed by atoms with E-state index in [0.29, 0.717) is 25.9 Å². The van der Waals surface area contributed by atoms with Gasteiger partial charge in [-0.15, -0.1) is 11.3 Å². The van der Waals surface area contributed by atoms with Gasteiger partial charge in [-0.1, -0.05) is 23.2 Å². The van der Waals surface area contributed by atoms with E-state index < -0.39 is 5.69 Å². The SMILES string of the molecule is O=c1[nH]c2sc3c(c2c(=O)n1-c1ccc(Cl)c(Cl)c1)CCC3. The highest BCUT2D eigenvalue weighted by molar-refractivity contribution is 7.18. The fraction of sp³-hybridized carbons (Fsp3) is 0.200. The maximum atomic E-state index is 12.8. The molecule has 0 bridgehead atoms. The molecule has 1 aromatic carbocycles. The molecule has 0 radical (unpaired) electrons. The molecule has 4 rings (SSSR count). The summed E-state index contributed by atoms with van der Waals surface area (Å²) >= 11 is 13.4. The van der Waals surface area contributed by atoms with Crippen molar-refractivity contribution in [1.29, 1.82) is 0 Å². The van der Waals surface area contributed by atoms with Crippen molar-refractivity contribution in [2.45, 2.75) is 19.3 Å². The standard InChI is InChI=1S/C15H10Cl2N2O2S/c16-9-5-4-7(6-10(9)17)19-14(20)12-8-2-1-3-11(8)22-13(12)18-15(19)21/h4-6H,1-3H2,(H,18,21). The minimum Gasteiger partial charge on any atom is -0.298 e. The maximum absolute atomic E-state index is 12.8. The number of hydrogen-bond donors (Lipinski definition) is 1. The zero-order chi connectivity index (χ0) is 15.4. The third kappa shape index (κ3) is 1.96. The van der Waals surface area contributed by atoms with E-state index in [9.17, 15) is 9.59 Å². The van der Waals surface area contributed by atoms with Gasteiger partial charge in [-0.05, 0) is 43.0 Å². The van der Waals surface area contributed by atoms with Gasteiger partial charge in [0, 0.05) is 4.88 Å². The number of benzene rings is 1. The molecule has 0 aliphatic heterocycles. The van der Waals surface area contributed by atoms with Crippen LogP contribution in [0.3, 0.4) is 0 Å². The van der Waals surface area contributed by atoms with Crippen molar-refractivity contribution in [2.24, 2.45) is 0 Å². The molecule has 0 amide bonds. The lowest BCUT2D eigenvalue weighted by Crippen LogP contribution is -2.33. The number of thiophene rings is 1. The molecule has 3 aromatic rings. The van der Waals surface area contributed by atoms with E-state index >= 15 is 0 Å². The Balaban J connectivity index is 2.08. The summed E-state index contributed by atoms with van der Waals surface area (Å²) < 4.78 is 1.12. The lowest BCUT2D eigenvalue weighted by molar-refractivity contribution is 0.894. The van der Waals surface area contributed by atoms with Gasteiger partial charge in [0.2, 0.25) is 0 Å². The minimum atomic E-state index is -0.462. The van der Waals surface area contributed by atoms with E-state index in [1.54, 1.807) is 12.1 Å². The number of hydrogen-bond acceptors (Lipinski definition) is 3. The molecule has 22 heavy (non-hydrogen) atoms. The van der Waals surface area contributed by atoms with Crippen LogP contribution in [0.1, 0.15) is 16.9 Å². The summed E-state index contributed by atoms with van der Waals surface area (Å²) in [6.45, 7) is 0.